The quantitative estimate of drug-likeness (QED) is 0.784. The van der Waals surface area contributed by atoms with Gasteiger partial charge in [0.2, 0.25) is 0 Å². The molecule has 1 aliphatic heterocycles. The molecule has 1 atom stereocenters. The van der Waals surface area contributed by atoms with Crippen LogP contribution < -0.4 is 0 Å². The molecule has 3 rings (SSSR count). The molecular weight excluding hydrogens is 345 g/mol. The molecule has 1 aromatic heterocycles. The second-order valence-corrected chi connectivity index (χ2v) is 6.85. The van der Waals surface area contributed by atoms with Crippen LogP contribution in [0.5, 0.6) is 0 Å². The maximum Gasteiger partial charge on any atom is 0.348 e. The molecule has 132 valence electrons. The van der Waals surface area contributed by atoms with Crippen LogP contribution in [0.25, 0.3) is 10.4 Å². The number of amides is 1. The number of carbonyl (C=O) groups is 2. The molecule has 1 fully saturated rings. The van der Waals surface area contributed by atoms with Gasteiger partial charge in [0.25, 0.3) is 5.91 Å². The van der Waals surface area contributed by atoms with Gasteiger partial charge < -0.3 is 14.4 Å². The van der Waals surface area contributed by atoms with E-state index in [-0.39, 0.29) is 24.4 Å². The summed E-state index contributed by atoms with van der Waals surface area (Å²) in [5.74, 6) is -1.07. The summed E-state index contributed by atoms with van der Waals surface area (Å²) in [5.41, 5.74) is 0.823. The van der Waals surface area contributed by atoms with E-state index in [4.69, 9.17) is 9.47 Å². The molecule has 1 saturated heterocycles. The van der Waals surface area contributed by atoms with E-state index in [1.165, 1.54) is 23.5 Å². The van der Waals surface area contributed by atoms with Crippen molar-refractivity contribution in [1.82, 2.24) is 4.90 Å². The predicted molar refractivity (Wildman–Crippen MR) is 92.0 cm³/mol. The normalized spacial score (nSPS) is 17.4. The molecule has 5 nitrogen and oxygen atoms in total. The van der Waals surface area contributed by atoms with E-state index in [1.54, 1.807) is 29.2 Å². The first-order valence-corrected chi connectivity index (χ1v) is 8.77. The van der Waals surface area contributed by atoms with E-state index in [1.807, 2.05) is 6.92 Å². The highest BCUT2D eigenvalue weighted by molar-refractivity contribution is 7.17. The second kappa shape index (κ2) is 7.76. The molecule has 0 N–H and O–H groups in total. The molecule has 25 heavy (non-hydrogen) atoms. The maximum absolute atomic E-state index is 13.0. The Morgan fingerprint density at radius 1 is 1.28 bits per heavy atom. The first kappa shape index (κ1) is 17.6. The van der Waals surface area contributed by atoms with Crippen LogP contribution in [0, 0.1) is 5.82 Å². The van der Waals surface area contributed by atoms with Gasteiger partial charge in [0.1, 0.15) is 10.7 Å². The number of rotatable bonds is 4. The lowest BCUT2D eigenvalue weighted by Crippen LogP contribution is -2.46. The highest BCUT2D eigenvalue weighted by atomic mass is 32.1. The zero-order chi connectivity index (χ0) is 17.8. The number of thiophene rings is 1. The number of morpholine rings is 1. The number of esters is 1. The van der Waals surface area contributed by atoms with Crippen molar-refractivity contribution in [1.29, 1.82) is 0 Å². The van der Waals surface area contributed by atoms with Crippen molar-refractivity contribution in [2.45, 2.75) is 13.0 Å². The number of halogens is 1. The highest BCUT2D eigenvalue weighted by Crippen LogP contribution is 2.28. The minimum atomic E-state index is -0.534. The lowest BCUT2D eigenvalue weighted by Gasteiger charge is -2.30. The van der Waals surface area contributed by atoms with E-state index < -0.39 is 5.97 Å². The third kappa shape index (κ3) is 4.43. The van der Waals surface area contributed by atoms with Crippen molar-refractivity contribution < 1.29 is 23.5 Å². The van der Waals surface area contributed by atoms with Gasteiger partial charge in [-0.05, 0) is 36.8 Å². The standard InChI is InChI=1S/C18H18FNO4S/c1-12-10-20(8-9-23-12)17(21)11-24-18(22)16-7-6-15(25-16)13-2-4-14(19)5-3-13/h2-7,12H,8-11H2,1H3. The Balaban J connectivity index is 1.56. The van der Waals surface area contributed by atoms with Gasteiger partial charge in [-0.25, -0.2) is 9.18 Å². The van der Waals surface area contributed by atoms with E-state index in [0.717, 1.165) is 10.4 Å². The van der Waals surface area contributed by atoms with Gasteiger partial charge in [-0.2, -0.15) is 0 Å². The Labute approximate surface area is 149 Å². The molecule has 7 heteroatoms. The Morgan fingerprint density at radius 2 is 2.04 bits per heavy atom. The summed E-state index contributed by atoms with van der Waals surface area (Å²) in [6.45, 7) is 3.12. The van der Waals surface area contributed by atoms with Gasteiger partial charge in [-0.15, -0.1) is 11.3 Å². The lowest BCUT2D eigenvalue weighted by atomic mass is 10.2. The van der Waals surface area contributed by atoms with Crippen LogP contribution in [0.3, 0.4) is 0 Å². The number of nitrogens with zero attached hydrogens (tertiary/aromatic N) is 1. The van der Waals surface area contributed by atoms with Gasteiger partial charge in [-0.3, -0.25) is 4.79 Å². The Kier molecular flexibility index (Phi) is 5.45. The minimum Gasteiger partial charge on any atom is -0.451 e. The van der Waals surface area contributed by atoms with Crippen LogP contribution >= 0.6 is 11.3 Å². The highest BCUT2D eigenvalue weighted by Gasteiger charge is 2.22. The molecule has 1 unspecified atom stereocenters. The summed E-state index contributed by atoms with van der Waals surface area (Å²) in [6, 6.07) is 9.47. The molecule has 0 aliphatic carbocycles. The van der Waals surface area contributed by atoms with Crippen molar-refractivity contribution in [2.75, 3.05) is 26.3 Å². The van der Waals surface area contributed by atoms with Crippen molar-refractivity contribution in [2.24, 2.45) is 0 Å². The van der Waals surface area contributed by atoms with Crippen LogP contribution in [0.4, 0.5) is 4.39 Å². The minimum absolute atomic E-state index is 0.0102. The van der Waals surface area contributed by atoms with Gasteiger partial charge in [0.15, 0.2) is 6.61 Å². The van der Waals surface area contributed by atoms with Crippen LogP contribution in [0.1, 0.15) is 16.6 Å². The number of carbonyl (C=O) groups excluding carboxylic acids is 2. The zero-order valence-electron chi connectivity index (χ0n) is 13.7. The smallest absolute Gasteiger partial charge is 0.348 e. The van der Waals surface area contributed by atoms with Gasteiger partial charge in [-0.1, -0.05) is 12.1 Å². The van der Waals surface area contributed by atoms with E-state index in [2.05, 4.69) is 0 Å². The Hall–Kier alpha value is -2.25. The largest absolute Gasteiger partial charge is 0.451 e. The molecule has 1 aliphatic rings. The second-order valence-electron chi connectivity index (χ2n) is 5.77. The molecule has 0 spiro atoms. The summed E-state index contributed by atoms with van der Waals surface area (Å²) in [7, 11) is 0. The van der Waals surface area contributed by atoms with Crippen LogP contribution in [-0.2, 0) is 14.3 Å². The lowest BCUT2D eigenvalue weighted by molar-refractivity contribution is -0.141. The van der Waals surface area contributed by atoms with Crippen molar-refractivity contribution in [3.63, 3.8) is 0 Å². The summed E-state index contributed by atoms with van der Waals surface area (Å²) < 4.78 is 23.5. The van der Waals surface area contributed by atoms with Gasteiger partial charge in [0, 0.05) is 18.0 Å². The summed E-state index contributed by atoms with van der Waals surface area (Å²) >= 11 is 1.25. The Bertz CT molecular complexity index is 759. The third-order valence-electron chi connectivity index (χ3n) is 3.86. The van der Waals surface area contributed by atoms with E-state index in [0.29, 0.717) is 24.6 Å². The first-order chi connectivity index (χ1) is 12.0. The van der Waals surface area contributed by atoms with E-state index >= 15 is 0 Å². The summed E-state index contributed by atoms with van der Waals surface area (Å²) in [5, 5.41) is 0. The SMILES string of the molecule is CC1CN(C(=O)COC(=O)c2ccc(-c3ccc(F)cc3)s2)CCO1. The summed E-state index contributed by atoms with van der Waals surface area (Å²) in [4.78, 5) is 27.1. The van der Waals surface area contributed by atoms with Crippen molar-refractivity contribution in [3.05, 3.63) is 47.1 Å². The average Bonchev–Trinajstić information content (AvgIpc) is 3.10. The third-order valence-corrected chi connectivity index (χ3v) is 4.97. The maximum atomic E-state index is 13.0. The predicted octanol–water partition coefficient (Wildman–Crippen LogP) is 2.96. The van der Waals surface area contributed by atoms with Crippen LogP contribution in [0.15, 0.2) is 36.4 Å². The monoisotopic (exact) mass is 363 g/mol. The van der Waals surface area contributed by atoms with Crippen LogP contribution in [-0.4, -0.2) is 49.2 Å². The van der Waals surface area contributed by atoms with Crippen molar-refractivity contribution in [3.8, 4) is 10.4 Å². The average molecular weight is 363 g/mol. The molecule has 0 saturated carbocycles. The molecule has 0 radical (unpaired) electrons. The number of hydrogen-bond donors (Lipinski definition) is 0. The fourth-order valence-electron chi connectivity index (χ4n) is 2.55. The van der Waals surface area contributed by atoms with Crippen LogP contribution in [0.2, 0.25) is 0 Å². The molecular formula is C18H18FNO4S. The fourth-order valence-corrected chi connectivity index (χ4v) is 3.46. The topological polar surface area (TPSA) is 55.8 Å². The molecule has 2 heterocycles. The van der Waals surface area contributed by atoms with Gasteiger partial charge >= 0.3 is 5.97 Å². The molecule has 1 aromatic carbocycles. The molecule has 2 aromatic rings. The molecule has 1 amide bonds. The number of benzene rings is 1. The van der Waals surface area contributed by atoms with E-state index in [9.17, 15) is 14.0 Å². The van der Waals surface area contributed by atoms with Gasteiger partial charge in [0.05, 0.1) is 12.7 Å². The fraction of sp³-hybridized carbons (Fsp3) is 0.333. The van der Waals surface area contributed by atoms with Crippen molar-refractivity contribution >= 4 is 23.2 Å². The molecule has 0 bridgehead atoms. The first-order valence-electron chi connectivity index (χ1n) is 7.95. The summed E-state index contributed by atoms with van der Waals surface area (Å²) in [6.07, 6.45) is -0.0102. The number of hydrogen-bond acceptors (Lipinski definition) is 5. The number of ether oxygens (including phenoxy) is 2. The Morgan fingerprint density at radius 3 is 2.76 bits per heavy atom. The zero-order valence-corrected chi connectivity index (χ0v) is 14.6.